The Bertz CT molecular complexity index is 1030. The number of fused-ring (bicyclic) bond motifs is 2. The Morgan fingerprint density at radius 3 is 2.30 bits per heavy atom. The van der Waals surface area contributed by atoms with E-state index in [1.54, 1.807) is 42.5 Å². The minimum absolute atomic E-state index is 0.0996. The minimum Gasteiger partial charge on any atom is -0.294 e. The van der Waals surface area contributed by atoms with Gasteiger partial charge in [-0.2, -0.15) is 0 Å². The molecule has 0 N–H and O–H groups in total. The molecule has 2 aromatic rings. The van der Waals surface area contributed by atoms with Crippen LogP contribution in [0.1, 0.15) is 57.8 Å². The molecular weight excluding hydrogens is 404 g/mol. The first-order valence-electron chi connectivity index (χ1n) is 9.00. The number of rotatable bonds is 2. The lowest BCUT2D eigenvalue weighted by Crippen LogP contribution is -2.54. The van der Waals surface area contributed by atoms with Gasteiger partial charge in [0.25, 0.3) is 0 Å². The lowest BCUT2D eigenvalue weighted by atomic mass is 9.53. The van der Waals surface area contributed by atoms with Crippen LogP contribution in [0.2, 0.25) is 0 Å². The fraction of sp³-hybridized carbons (Fsp3) is 0.261. The highest BCUT2D eigenvalue weighted by Crippen LogP contribution is 2.52. The van der Waals surface area contributed by atoms with Crippen molar-refractivity contribution in [2.45, 2.75) is 26.7 Å². The predicted octanol–water partition coefficient (Wildman–Crippen LogP) is 5.44. The zero-order valence-corrected chi connectivity index (χ0v) is 16.8. The lowest BCUT2D eigenvalue weighted by Gasteiger charge is -2.45. The topological polar surface area (TPSA) is 51.2 Å². The fourth-order valence-corrected chi connectivity index (χ4v) is 4.92. The number of carbonyl (C=O) groups excluding carboxylic acids is 3. The second-order valence-electron chi connectivity index (χ2n) is 7.51. The summed E-state index contributed by atoms with van der Waals surface area (Å²) in [6, 6.07) is 14.0. The molecule has 0 fully saturated rings. The molecule has 136 valence electrons. The molecule has 2 aliphatic carbocycles. The summed E-state index contributed by atoms with van der Waals surface area (Å²) < 4.78 is 0.645. The molecule has 2 unspecified atom stereocenters. The van der Waals surface area contributed by atoms with Gasteiger partial charge < -0.3 is 0 Å². The number of Topliss-reactive ketones (excluding diaryl/α,β-unsaturated/α-hetero) is 3. The lowest BCUT2D eigenvalue weighted by molar-refractivity contribution is 0.0451. The van der Waals surface area contributed by atoms with Crippen molar-refractivity contribution in [1.82, 2.24) is 0 Å². The Labute approximate surface area is 166 Å². The molecule has 2 atom stereocenters. The van der Waals surface area contributed by atoms with Crippen molar-refractivity contribution in [1.29, 1.82) is 0 Å². The Morgan fingerprint density at radius 1 is 0.963 bits per heavy atom. The molecule has 4 rings (SSSR count). The van der Waals surface area contributed by atoms with Gasteiger partial charge in [0, 0.05) is 27.1 Å². The van der Waals surface area contributed by atoms with Crippen LogP contribution >= 0.6 is 15.9 Å². The molecule has 0 bridgehead atoms. The monoisotopic (exact) mass is 422 g/mol. The van der Waals surface area contributed by atoms with E-state index in [9.17, 15) is 14.4 Å². The van der Waals surface area contributed by atoms with E-state index in [1.165, 1.54) is 0 Å². The highest BCUT2D eigenvalue weighted by molar-refractivity contribution is 9.10. The number of allylic oxidation sites excluding steroid dienone is 2. The maximum atomic E-state index is 13.8. The van der Waals surface area contributed by atoms with E-state index < -0.39 is 11.3 Å². The smallest absolute Gasteiger partial charge is 0.178 e. The second-order valence-corrected chi connectivity index (χ2v) is 8.37. The zero-order chi connectivity index (χ0) is 19.3. The normalized spacial score (nSPS) is 24.5. The Morgan fingerprint density at radius 2 is 1.59 bits per heavy atom. The van der Waals surface area contributed by atoms with Gasteiger partial charge in [0.15, 0.2) is 17.3 Å². The van der Waals surface area contributed by atoms with Crippen LogP contribution in [0.15, 0.2) is 64.1 Å². The van der Waals surface area contributed by atoms with Crippen molar-refractivity contribution in [3.8, 4) is 0 Å². The first-order valence-corrected chi connectivity index (χ1v) is 9.80. The first-order chi connectivity index (χ1) is 12.9. The van der Waals surface area contributed by atoms with Crippen LogP contribution in [0.25, 0.3) is 0 Å². The molecule has 4 heteroatoms. The number of hydrogen-bond acceptors (Lipinski definition) is 3. The molecule has 0 radical (unpaired) electrons. The van der Waals surface area contributed by atoms with Crippen molar-refractivity contribution in [2.75, 3.05) is 0 Å². The Hall–Kier alpha value is -2.33. The van der Waals surface area contributed by atoms with Crippen LogP contribution in [0.3, 0.4) is 0 Å². The average molecular weight is 423 g/mol. The zero-order valence-electron chi connectivity index (χ0n) is 15.2. The molecule has 2 aliphatic rings. The van der Waals surface area contributed by atoms with Gasteiger partial charge in [-0.15, -0.1) is 0 Å². The van der Waals surface area contributed by atoms with Crippen LogP contribution in [0, 0.1) is 11.3 Å². The summed E-state index contributed by atoms with van der Waals surface area (Å²) in [6.07, 6.45) is 0.740. The van der Waals surface area contributed by atoms with Gasteiger partial charge in [0.05, 0.1) is 0 Å². The quantitative estimate of drug-likeness (QED) is 0.367. The summed E-state index contributed by atoms with van der Waals surface area (Å²) in [4.78, 5) is 40.8. The third-order valence-electron chi connectivity index (χ3n) is 6.06. The van der Waals surface area contributed by atoms with Crippen molar-refractivity contribution in [2.24, 2.45) is 11.3 Å². The van der Waals surface area contributed by atoms with Gasteiger partial charge in [-0.3, -0.25) is 14.4 Å². The standard InChI is InChI=1S/C23H19BrO3/c1-13-11-18-20(25)15-7-3-4-8-16(15)21(26)23(18,12-14(13)2)22(27)17-9-5-6-10-19(17)24/h3-10,18H,11-12H2,1-2H3. The number of benzene rings is 2. The summed E-state index contributed by atoms with van der Waals surface area (Å²) >= 11 is 3.44. The second kappa shape index (κ2) is 6.38. The van der Waals surface area contributed by atoms with Crippen LogP contribution < -0.4 is 0 Å². The maximum absolute atomic E-state index is 13.8. The predicted molar refractivity (Wildman–Crippen MR) is 107 cm³/mol. The van der Waals surface area contributed by atoms with Gasteiger partial charge in [0.2, 0.25) is 0 Å². The van der Waals surface area contributed by atoms with E-state index in [2.05, 4.69) is 15.9 Å². The molecular formula is C23H19BrO3. The fourth-order valence-electron chi connectivity index (χ4n) is 4.45. The first kappa shape index (κ1) is 18.1. The Kier molecular flexibility index (Phi) is 4.26. The molecule has 0 spiro atoms. The summed E-state index contributed by atoms with van der Waals surface area (Å²) in [5, 5.41) is 0. The summed E-state index contributed by atoms with van der Waals surface area (Å²) in [7, 11) is 0. The summed E-state index contributed by atoms with van der Waals surface area (Å²) in [5.41, 5.74) is 2.01. The van der Waals surface area contributed by atoms with Crippen molar-refractivity contribution in [3.63, 3.8) is 0 Å². The molecule has 0 heterocycles. The molecule has 0 aliphatic heterocycles. The maximum Gasteiger partial charge on any atom is 0.178 e. The van der Waals surface area contributed by atoms with Gasteiger partial charge in [-0.1, -0.05) is 69.5 Å². The van der Waals surface area contributed by atoms with Crippen LogP contribution in [-0.4, -0.2) is 17.3 Å². The van der Waals surface area contributed by atoms with Crippen molar-refractivity contribution >= 4 is 33.3 Å². The van der Waals surface area contributed by atoms with E-state index in [0.717, 1.165) is 11.1 Å². The van der Waals surface area contributed by atoms with Crippen molar-refractivity contribution in [3.05, 3.63) is 80.8 Å². The largest absolute Gasteiger partial charge is 0.294 e. The minimum atomic E-state index is -1.36. The molecule has 0 aromatic heterocycles. The van der Waals surface area contributed by atoms with Gasteiger partial charge in [-0.25, -0.2) is 0 Å². The van der Waals surface area contributed by atoms with Crippen molar-refractivity contribution < 1.29 is 14.4 Å². The van der Waals surface area contributed by atoms with Gasteiger partial charge in [-0.05, 0) is 32.8 Å². The highest BCUT2D eigenvalue weighted by atomic mass is 79.9. The van der Waals surface area contributed by atoms with Gasteiger partial charge in [0.1, 0.15) is 5.41 Å². The molecule has 2 aromatic carbocycles. The van der Waals surface area contributed by atoms with Crippen LogP contribution in [0.5, 0.6) is 0 Å². The van der Waals surface area contributed by atoms with E-state index >= 15 is 0 Å². The summed E-state index contributed by atoms with van der Waals surface area (Å²) in [6.45, 7) is 3.94. The van der Waals surface area contributed by atoms with E-state index in [-0.39, 0.29) is 17.3 Å². The average Bonchev–Trinajstić information content (AvgIpc) is 2.67. The number of ketones is 3. The number of hydrogen-bond donors (Lipinski definition) is 0. The number of carbonyl (C=O) groups is 3. The van der Waals surface area contributed by atoms with Crippen LogP contribution in [0.4, 0.5) is 0 Å². The third-order valence-corrected chi connectivity index (χ3v) is 6.75. The number of halogens is 1. The van der Waals surface area contributed by atoms with Crippen LogP contribution in [-0.2, 0) is 0 Å². The Balaban J connectivity index is 1.99. The highest BCUT2D eigenvalue weighted by Gasteiger charge is 2.59. The third kappa shape index (κ3) is 2.50. The molecule has 3 nitrogen and oxygen atoms in total. The van der Waals surface area contributed by atoms with E-state index in [1.807, 2.05) is 19.9 Å². The molecule has 0 saturated heterocycles. The molecule has 0 saturated carbocycles. The van der Waals surface area contributed by atoms with Gasteiger partial charge >= 0.3 is 0 Å². The molecule has 27 heavy (non-hydrogen) atoms. The SMILES string of the molecule is CC1=C(C)CC2(C(=O)c3ccccc3Br)C(=O)c3ccccc3C(=O)C2C1. The van der Waals surface area contributed by atoms with E-state index in [0.29, 0.717) is 34.0 Å². The van der Waals surface area contributed by atoms with E-state index in [4.69, 9.17) is 0 Å². The molecule has 0 amide bonds. The summed E-state index contributed by atoms with van der Waals surface area (Å²) in [5.74, 6) is -1.24.